The average molecular weight is 347 g/mol. The molecule has 0 aliphatic carbocycles. The molecule has 3 aromatic rings. The van der Waals surface area contributed by atoms with Crippen LogP contribution in [0.3, 0.4) is 0 Å². The summed E-state index contributed by atoms with van der Waals surface area (Å²) >= 11 is 0. The zero-order valence-corrected chi connectivity index (χ0v) is 13.7. The van der Waals surface area contributed by atoms with Crippen molar-refractivity contribution in [3.63, 3.8) is 0 Å². The average Bonchev–Trinajstić information content (AvgIpc) is 2.84. The van der Waals surface area contributed by atoms with Crippen molar-refractivity contribution in [2.75, 3.05) is 17.3 Å². The van der Waals surface area contributed by atoms with Gasteiger partial charge in [-0.1, -0.05) is 30.3 Å². The molecule has 1 aromatic heterocycles. The standard InChI is InChI=1S/C19H13N3O4/c1-22-12-8-4-3-7-11(12)19(17(22)24)14-15(20-18(25)21-19)10-6-2-5-9-13(10)26-16(14)23/h2-9H,1H3,(H2,20,21,25). The fourth-order valence-corrected chi connectivity index (χ4v) is 3.92. The van der Waals surface area contributed by atoms with E-state index in [1.165, 1.54) is 4.90 Å². The molecule has 1 unspecified atom stereocenters. The molecule has 3 amide bonds. The highest BCUT2D eigenvalue weighted by Crippen LogP contribution is 2.47. The summed E-state index contributed by atoms with van der Waals surface area (Å²) in [5, 5.41) is 5.93. The van der Waals surface area contributed by atoms with Gasteiger partial charge in [0.25, 0.3) is 5.91 Å². The van der Waals surface area contributed by atoms with E-state index in [-0.39, 0.29) is 5.56 Å². The topological polar surface area (TPSA) is 91.7 Å². The predicted octanol–water partition coefficient (Wildman–Crippen LogP) is 2.15. The normalized spacial score (nSPS) is 20.7. The van der Waals surface area contributed by atoms with Gasteiger partial charge in [0.1, 0.15) is 11.1 Å². The number of rotatable bonds is 0. The van der Waals surface area contributed by atoms with Crippen molar-refractivity contribution in [1.29, 1.82) is 0 Å². The third-order valence-corrected chi connectivity index (χ3v) is 5.02. The Morgan fingerprint density at radius 2 is 1.73 bits per heavy atom. The number of para-hydroxylation sites is 2. The molecule has 7 heteroatoms. The number of benzene rings is 2. The van der Waals surface area contributed by atoms with Crippen LogP contribution in [0.25, 0.3) is 11.0 Å². The lowest BCUT2D eigenvalue weighted by Gasteiger charge is -2.34. The van der Waals surface area contributed by atoms with Crippen LogP contribution in [0, 0.1) is 0 Å². The zero-order chi connectivity index (χ0) is 18.1. The Kier molecular flexibility index (Phi) is 2.67. The van der Waals surface area contributed by atoms with Crippen LogP contribution in [0.15, 0.2) is 57.7 Å². The SMILES string of the molecule is CN1C(=O)C2(NC(=O)Nc3c2c(=O)oc2ccccc32)c2ccccc21. The van der Waals surface area contributed by atoms with Crippen LogP contribution < -0.4 is 21.2 Å². The van der Waals surface area contributed by atoms with Gasteiger partial charge in [0.2, 0.25) is 0 Å². The molecular formula is C19H13N3O4. The minimum Gasteiger partial charge on any atom is -0.422 e. The molecule has 128 valence electrons. The van der Waals surface area contributed by atoms with Crippen LogP contribution >= 0.6 is 0 Å². The molecule has 0 radical (unpaired) electrons. The Balaban J connectivity index is 1.97. The predicted molar refractivity (Wildman–Crippen MR) is 95.3 cm³/mol. The van der Waals surface area contributed by atoms with Crippen LogP contribution in [0.1, 0.15) is 11.1 Å². The van der Waals surface area contributed by atoms with Gasteiger partial charge in [0.05, 0.1) is 5.69 Å². The van der Waals surface area contributed by atoms with Crippen LogP contribution in [0.2, 0.25) is 0 Å². The summed E-state index contributed by atoms with van der Waals surface area (Å²) in [5.74, 6) is -0.405. The highest BCUT2D eigenvalue weighted by Gasteiger charge is 2.57. The van der Waals surface area contributed by atoms with Crippen LogP contribution in [-0.2, 0) is 10.3 Å². The smallest absolute Gasteiger partial charge is 0.344 e. The zero-order valence-electron chi connectivity index (χ0n) is 13.7. The molecule has 0 saturated carbocycles. The maximum absolute atomic E-state index is 13.2. The first kappa shape index (κ1) is 14.7. The Labute approximate surface area is 147 Å². The highest BCUT2D eigenvalue weighted by molar-refractivity contribution is 6.16. The summed E-state index contributed by atoms with van der Waals surface area (Å²) in [5.41, 5.74) is -0.334. The van der Waals surface area contributed by atoms with Crippen molar-refractivity contribution in [3.8, 4) is 0 Å². The molecule has 0 fully saturated rings. The number of carbonyl (C=O) groups is 2. The number of amides is 3. The summed E-state index contributed by atoms with van der Waals surface area (Å²) in [4.78, 5) is 40.0. The Morgan fingerprint density at radius 3 is 2.58 bits per heavy atom. The van der Waals surface area contributed by atoms with E-state index in [1.807, 2.05) is 0 Å². The molecule has 5 rings (SSSR count). The first-order valence-electron chi connectivity index (χ1n) is 8.07. The lowest BCUT2D eigenvalue weighted by Crippen LogP contribution is -2.59. The van der Waals surface area contributed by atoms with Crippen molar-refractivity contribution >= 4 is 34.3 Å². The van der Waals surface area contributed by atoms with Gasteiger partial charge in [-0.25, -0.2) is 9.59 Å². The number of nitrogens with one attached hydrogen (secondary N) is 2. The van der Waals surface area contributed by atoms with E-state index in [0.717, 1.165) is 0 Å². The van der Waals surface area contributed by atoms with Gasteiger partial charge < -0.3 is 20.0 Å². The second-order valence-electron chi connectivity index (χ2n) is 6.35. The maximum atomic E-state index is 13.2. The molecule has 0 saturated heterocycles. The van der Waals surface area contributed by atoms with E-state index < -0.39 is 23.1 Å². The third kappa shape index (κ3) is 1.59. The molecule has 2 aliphatic rings. The summed E-state index contributed by atoms with van der Waals surface area (Å²) in [6.07, 6.45) is 0. The minimum atomic E-state index is -1.60. The fraction of sp³-hybridized carbons (Fsp3) is 0.105. The number of anilines is 2. The van der Waals surface area contributed by atoms with Gasteiger partial charge in [0.15, 0.2) is 5.54 Å². The minimum absolute atomic E-state index is 0.0950. The van der Waals surface area contributed by atoms with Crippen molar-refractivity contribution in [3.05, 3.63) is 70.1 Å². The van der Waals surface area contributed by atoms with Gasteiger partial charge >= 0.3 is 11.7 Å². The van der Waals surface area contributed by atoms with Crippen LogP contribution in [0.4, 0.5) is 16.2 Å². The number of nitrogens with zero attached hydrogens (tertiary/aromatic N) is 1. The van der Waals surface area contributed by atoms with Gasteiger partial charge in [-0.2, -0.15) is 0 Å². The molecule has 2 aromatic carbocycles. The number of carbonyl (C=O) groups excluding carboxylic acids is 2. The Bertz CT molecular complexity index is 1180. The number of hydrogen-bond acceptors (Lipinski definition) is 4. The summed E-state index contributed by atoms with van der Waals surface area (Å²) in [6, 6.07) is 13.4. The number of urea groups is 1. The Morgan fingerprint density at radius 1 is 1.00 bits per heavy atom. The van der Waals surface area contributed by atoms with Gasteiger partial charge in [-0.05, 0) is 18.2 Å². The van der Waals surface area contributed by atoms with Crippen molar-refractivity contribution in [2.24, 2.45) is 0 Å². The van der Waals surface area contributed by atoms with Crippen LogP contribution in [0.5, 0.6) is 0 Å². The van der Waals surface area contributed by atoms with E-state index in [2.05, 4.69) is 10.6 Å². The van der Waals surface area contributed by atoms with Crippen LogP contribution in [-0.4, -0.2) is 19.0 Å². The Hall–Kier alpha value is -3.61. The highest BCUT2D eigenvalue weighted by atomic mass is 16.4. The van der Waals surface area contributed by atoms with Gasteiger partial charge in [-0.3, -0.25) is 4.79 Å². The van der Waals surface area contributed by atoms with E-state index in [0.29, 0.717) is 27.9 Å². The monoisotopic (exact) mass is 347 g/mol. The molecule has 2 aliphatic heterocycles. The van der Waals surface area contributed by atoms with E-state index >= 15 is 0 Å². The number of likely N-dealkylation sites (N-methyl/N-ethyl adjacent to an activating group) is 1. The maximum Gasteiger partial charge on any atom is 0.344 e. The fourth-order valence-electron chi connectivity index (χ4n) is 3.92. The number of hydrogen-bond donors (Lipinski definition) is 2. The van der Waals surface area contributed by atoms with Crippen molar-refractivity contribution in [2.45, 2.75) is 5.54 Å². The molecule has 1 spiro atoms. The first-order chi connectivity index (χ1) is 12.5. The molecule has 1 atom stereocenters. The number of fused-ring (bicyclic) bond motifs is 6. The van der Waals surface area contributed by atoms with Gasteiger partial charge in [-0.15, -0.1) is 0 Å². The van der Waals surface area contributed by atoms with Crippen molar-refractivity contribution < 1.29 is 14.0 Å². The quantitative estimate of drug-likeness (QED) is 0.610. The second kappa shape index (κ2) is 4.72. The second-order valence-corrected chi connectivity index (χ2v) is 6.35. The van der Waals surface area contributed by atoms with E-state index in [4.69, 9.17) is 4.42 Å². The molecule has 7 nitrogen and oxygen atoms in total. The molecule has 2 N–H and O–H groups in total. The van der Waals surface area contributed by atoms with Crippen molar-refractivity contribution in [1.82, 2.24) is 5.32 Å². The molecule has 26 heavy (non-hydrogen) atoms. The summed E-state index contributed by atoms with van der Waals surface area (Å²) in [6.45, 7) is 0. The van der Waals surface area contributed by atoms with E-state index in [9.17, 15) is 14.4 Å². The van der Waals surface area contributed by atoms with E-state index in [1.54, 1.807) is 55.6 Å². The molecule has 0 bridgehead atoms. The summed E-state index contributed by atoms with van der Waals surface area (Å²) in [7, 11) is 1.62. The largest absolute Gasteiger partial charge is 0.422 e. The molecular weight excluding hydrogens is 334 g/mol. The third-order valence-electron chi connectivity index (χ3n) is 5.02. The van der Waals surface area contributed by atoms with Gasteiger partial charge in [0, 0.05) is 23.7 Å². The molecule has 3 heterocycles. The summed E-state index contributed by atoms with van der Waals surface area (Å²) < 4.78 is 5.46. The first-order valence-corrected chi connectivity index (χ1v) is 8.07. The lowest BCUT2D eigenvalue weighted by atomic mass is 9.82. The lowest BCUT2D eigenvalue weighted by molar-refractivity contribution is -0.122.